The zero-order valence-electron chi connectivity index (χ0n) is 12.9. The van der Waals surface area contributed by atoms with Gasteiger partial charge in [-0.2, -0.15) is 0 Å². The summed E-state index contributed by atoms with van der Waals surface area (Å²) < 4.78 is 13.7. The van der Waals surface area contributed by atoms with E-state index in [1.54, 1.807) is 12.1 Å². The molecule has 0 aliphatic rings. The fourth-order valence-electron chi connectivity index (χ4n) is 2.10. The van der Waals surface area contributed by atoms with Gasteiger partial charge in [0.1, 0.15) is 5.82 Å². The van der Waals surface area contributed by atoms with Crippen LogP contribution in [0.15, 0.2) is 42.5 Å². The summed E-state index contributed by atoms with van der Waals surface area (Å²) in [6.45, 7) is -0.0369. The number of rotatable bonds is 5. The maximum Gasteiger partial charge on any atom is 0.255 e. The maximum absolute atomic E-state index is 13.7. The van der Waals surface area contributed by atoms with Crippen molar-refractivity contribution in [3.8, 4) is 0 Å². The number of nitrogens with one attached hydrogen (secondary N) is 1. The molecular formula is C17H18ClFN2O2. The van der Waals surface area contributed by atoms with Crippen LogP contribution >= 0.6 is 11.6 Å². The van der Waals surface area contributed by atoms with E-state index in [9.17, 15) is 14.3 Å². The first kappa shape index (κ1) is 17.2. The quantitative estimate of drug-likeness (QED) is 0.882. The van der Waals surface area contributed by atoms with Crippen molar-refractivity contribution < 1.29 is 14.3 Å². The van der Waals surface area contributed by atoms with Crippen molar-refractivity contribution >= 4 is 23.2 Å². The molecule has 1 atom stereocenters. The number of hydrogen-bond acceptors (Lipinski definition) is 3. The predicted molar refractivity (Wildman–Crippen MR) is 89.5 cm³/mol. The second kappa shape index (κ2) is 7.44. The molecule has 2 aromatic carbocycles. The monoisotopic (exact) mass is 336 g/mol. The van der Waals surface area contributed by atoms with E-state index < -0.39 is 17.8 Å². The summed E-state index contributed by atoms with van der Waals surface area (Å²) in [5.74, 6) is -1.35. The molecule has 0 aromatic heterocycles. The van der Waals surface area contributed by atoms with Gasteiger partial charge in [-0.05, 0) is 29.8 Å². The summed E-state index contributed by atoms with van der Waals surface area (Å²) >= 11 is 5.84. The minimum absolute atomic E-state index is 0.0346. The van der Waals surface area contributed by atoms with Crippen LogP contribution in [0.4, 0.5) is 10.1 Å². The maximum atomic E-state index is 13.7. The predicted octanol–water partition coefficient (Wildman–Crippen LogP) is 3.01. The van der Waals surface area contributed by atoms with Gasteiger partial charge in [0.15, 0.2) is 0 Å². The number of hydrogen-bond donors (Lipinski definition) is 2. The summed E-state index contributed by atoms with van der Waals surface area (Å²) in [4.78, 5) is 14.0. The topological polar surface area (TPSA) is 52.6 Å². The van der Waals surface area contributed by atoms with Crippen LogP contribution in [0.5, 0.6) is 0 Å². The Morgan fingerprint density at radius 2 is 1.91 bits per heavy atom. The lowest BCUT2D eigenvalue weighted by Crippen LogP contribution is -2.29. The molecule has 6 heteroatoms. The molecule has 0 saturated carbocycles. The number of aliphatic hydroxyl groups excluding tert-OH is 1. The highest BCUT2D eigenvalue weighted by molar-refractivity contribution is 6.33. The molecule has 122 valence electrons. The first-order valence-electron chi connectivity index (χ1n) is 7.07. The zero-order chi connectivity index (χ0) is 17.0. The molecule has 0 heterocycles. The van der Waals surface area contributed by atoms with Crippen LogP contribution in [-0.4, -0.2) is 31.7 Å². The van der Waals surface area contributed by atoms with Crippen LogP contribution in [0, 0.1) is 5.82 Å². The van der Waals surface area contributed by atoms with Crippen molar-refractivity contribution in [2.75, 3.05) is 25.5 Å². The minimum Gasteiger partial charge on any atom is -0.387 e. The fourth-order valence-corrected chi connectivity index (χ4v) is 2.35. The molecule has 0 saturated heterocycles. The molecule has 2 rings (SSSR count). The standard InChI is InChI=1S/C17H18ClFN2O2/c1-21(2)12-8-6-11(7-9-12)15(22)10-20-17(23)16-13(18)4-3-5-14(16)19/h3-9,15,22H,10H2,1-2H3,(H,20,23)/t15-/m1/s1. The zero-order valence-corrected chi connectivity index (χ0v) is 13.6. The van der Waals surface area contributed by atoms with E-state index in [4.69, 9.17) is 11.6 Å². The average Bonchev–Trinajstić information content (AvgIpc) is 2.52. The number of benzene rings is 2. The Balaban J connectivity index is 2.01. The molecule has 4 nitrogen and oxygen atoms in total. The molecule has 0 aliphatic carbocycles. The summed E-state index contributed by atoms with van der Waals surface area (Å²) in [6.07, 6.45) is -0.888. The number of anilines is 1. The Hall–Kier alpha value is -2.11. The number of halogens is 2. The summed E-state index contributed by atoms with van der Waals surface area (Å²) in [7, 11) is 3.84. The molecule has 23 heavy (non-hydrogen) atoms. The molecule has 0 unspecified atom stereocenters. The highest BCUT2D eigenvalue weighted by Crippen LogP contribution is 2.20. The summed E-state index contributed by atoms with van der Waals surface area (Å²) in [6, 6.07) is 11.3. The van der Waals surface area contributed by atoms with Gasteiger partial charge < -0.3 is 15.3 Å². The molecule has 0 radical (unpaired) electrons. The van der Waals surface area contributed by atoms with E-state index in [2.05, 4.69) is 5.32 Å². The van der Waals surface area contributed by atoms with E-state index in [0.717, 1.165) is 11.8 Å². The lowest BCUT2D eigenvalue weighted by Gasteiger charge is -2.16. The van der Waals surface area contributed by atoms with E-state index in [0.29, 0.717) is 5.56 Å². The normalized spacial score (nSPS) is 11.9. The van der Waals surface area contributed by atoms with Gasteiger partial charge in [0.05, 0.1) is 16.7 Å². The number of aliphatic hydroxyl groups is 1. The fraction of sp³-hybridized carbons (Fsp3) is 0.235. The van der Waals surface area contributed by atoms with Crippen molar-refractivity contribution in [3.63, 3.8) is 0 Å². The van der Waals surface area contributed by atoms with Gasteiger partial charge in [-0.15, -0.1) is 0 Å². The van der Waals surface area contributed by atoms with Gasteiger partial charge in [-0.3, -0.25) is 4.79 Å². The minimum atomic E-state index is -0.888. The molecule has 2 aromatic rings. The SMILES string of the molecule is CN(C)c1ccc([C@H](O)CNC(=O)c2c(F)cccc2Cl)cc1. The smallest absolute Gasteiger partial charge is 0.255 e. The molecule has 0 aliphatic heterocycles. The Morgan fingerprint density at radius 1 is 1.26 bits per heavy atom. The Labute approximate surface area is 139 Å². The van der Waals surface area contributed by atoms with Crippen molar-refractivity contribution in [2.24, 2.45) is 0 Å². The van der Waals surface area contributed by atoms with Crippen LogP contribution in [0.25, 0.3) is 0 Å². The average molecular weight is 337 g/mol. The van der Waals surface area contributed by atoms with Crippen molar-refractivity contribution in [1.29, 1.82) is 0 Å². The molecule has 0 fully saturated rings. The lowest BCUT2D eigenvalue weighted by atomic mass is 10.1. The second-order valence-corrected chi connectivity index (χ2v) is 5.72. The molecular weight excluding hydrogens is 319 g/mol. The number of carbonyl (C=O) groups excluding carboxylic acids is 1. The van der Waals surface area contributed by atoms with Gasteiger partial charge in [-0.25, -0.2) is 4.39 Å². The summed E-state index contributed by atoms with van der Waals surface area (Å²) in [5, 5.41) is 12.7. The van der Waals surface area contributed by atoms with Gasteiger partial charge in [-0.1, -0.05) is 29.8 Å². The van der Waals surface area contributed by atoms with Gasteiger partial charge in [0.25, 0.3) is 5.91 Å². The van der Waals surface area contributed by atoms with E-state index in [-0.39, 0.29) is 17.1 Å². The molecule has 0 bridgehead atoms. The third kappa shape index (κ3) is 4.21. The number of carbonyl (C=O) groups is 1. The van der Waals surface area contributed by atoms with E-state index in [1.165, 1.54) is 12.1 Å². The van der Waals surface area contributed by atoms with Crippen LogP contribution < -0.4 is 10.2 Å². The van der Waals surface area contributed by atoms with Gasteiger partial charge >= 0.3 is 0 Å². The van der Waals surface area contributed by atoms with Crippen molar-refractivity contribution in [2.45, 2.75) is 6.10 Å². The lowest BCUT2D eigenvalue weighted by molar-refractivity contribution is 0.0912. The van der Waals surface area contributed by atoms with Crippen LogP contribution in [0.1, 0.15) is 22.0 Å². The Bertz CT molecular complexity index is 669. The Kier molecular flexibility index (Phi) is 5.58. The van der Waals surface area contributed by atoms with Gasteiger partial charge in [0.2, 0.25) is 0 Å². The highest BCUT2D eigenvalue weighted by atomic mass is 35.5. The highest BCUT2D eigenvalue weighted by Gasteiger charge is 2.17. The first-order valence-corrected chi connectivity index (χ1v) is 7.45. The second-order valence-electron chi connectivity index (χ2n) is 5.31. The van der Waals surface area contributed by atoms with Crippen LogP contribution in [0.2, 0.25) is 5.02 Å². The van der Waals surface area contributed by atoms with E-state index in [1.807, 2.05) is 31.1 Å². The third-order valence-corrected chi connectivity index (χ3v) is 3.76. The van der Waals surface area contributed by atoms with E-state index >= 15 is 0 Å². The molecule has 1 amide bonds. The number of amides is 1. The number of nitrogens with zero attached hydrogens (tertiary/aromatic N) is 1. The third-order valence-electron chi connectivity index (χ3n) is 3.44. The van der Waals surface area contributed by atoms with Crippen LogP contribution in [-0.2, 0) is 0 Å². The summed E-state index contributed by atoms with van der Waals surface area (Å²) in [5.41, 5.74) is 1.45. The first-order chi connectivity index (χ1) is 10.9. The largest absolute Gasteiger partial charge is 0.387 e. The molecule has 0 spiro atoms. The van der Waals surface area contributed by atoms with Gasteiger partial charge in [0, 0.05) is 26.3 Å². The van der Waals surface area contributed by atoms with Crippen molar-refractivity contribution in [3.05, 3.63) is 64.4 Å². The van der Waals surface area contributed by atoms with Crippen LogP contribution in [0.3, 0.4) is 0 Å². The van der Waals surface area contributed by atoms with Crippen molar-refractivity contribution in [1.82, 2.24) is 5.32 Å². The Morgan fingerprint density at radius 3 is 2.48 bits per heavy atom. The molecule has 2 N–H and O–H groups in total.